The van der Waals surface area contributed by atoms with Gasteiger partial charge < -0.3 is 21.3 Å². The van der Waals surface area contributed by atoms with Crippen LogP contribution in [0.3, 0.4) is 0 Å². The number of carboxylic acids is 1. The Bertz CT molecular complexity index is 433. The molecule has 0 fully saturated rings. The second-order valence-electron chi connectivity index (χ2n) is 3.76. The van der Waals surface area contributed by atoms with Crippen molar-refractivity contribution >= 4 is 23.2 Å². The number of aliphatic hydroxyl groups is 1. The fraction of sp³-hybridized carbons (Fsp3) is 0.500. The van der Waals surface area contributed by atoms with Crippen LogP contribution in [0.4, 0.5) is 0 Å². The van der Waals surface area contributed by atoms with E-state index in [1.165, 1.54) is 11.3 Å². The second kappa shape index (κ2) is 6.43. The van der Waals surface area contributed by atoms with Gasteiger partial charge in [0.25, 0.3) is 5.91 Å². The molecule has 7 nitrogen and oxygen atoms in total. The first kappa shape index (κ1) is 14.6. The number of aromatic nitrogens is 1. The summed E-state index contributed by atoms with van der Waals surface area (Å²) in [5.41, 5.74) is 5.87. The fourth-order valence-corrected chi connectivity index (χ4v) is 1.90. The predicted molar refractivity (Wildman–Crippen MR) is 65.3 cm³/mol. The van der Waals surface area contributed by atoms with Gasteiger partial charge in [0.15, 0.2) is 6.10 Å². The van der Waals surface area contributed by atoms with Crippen molar-refractivity contribution in [1.82, 2.24) is 10.3 Å². The molecule has 0 saturated carbocycles. The molecule has 5 N–H and O–H groups in total. The standard InChI is InChI=1S/C10H15N3O4S/c1-5(11)9-13-6(4-18-9)8(15)12-3-2-7(14)10(16)17/h4-5,7,14H,2-3,11H2,1H3,(H,12,15)(H,16,17). The first-order chi connectivity index (χ1) is 8.41. The minimum atomic E-state index is -1.47. The number of nitrogens with two attached hydrogens (primary N) is 1. The number of amides is 1. The summed E-state index contributed by atoms with van der Waals surface area (Å²) in [5, 5.41) is 22.2. The first-order valence-corrected chi connectivity index (χ1v) is 6.20. The fourth-order valence-electron chi connectivity index (χ4n) is 1.14. The normalized spacial score (nSPS) is 13.9. The molecule has 0 spiro atoms. The molecular formula is C10H15N3O4S. The minimum Gasteiger partial charge on any atom is -0.479 e. The third-order valence-electron chi connectivity index (χ3n) is 2.13. The number of carbonyl (C=O) groups excluding carboxylic acids is 1. The van der Waals surface area contributed by atoms with Crippen molar-refractivity contribution in [3.63, 3.8) is 0 Å². The zero-order valence-electron chi connectivity index (χ0n) is 9.79. The second-order valence-corrected chi connectivity index (χ2v) is 4.65. The maximum atomic E-state index is 11.6. The quantitative estimate of drug-likeness (QED) is 0.565. The van der Waals surface area contributed by atoms with Crippen molar-refractivity contribution < 1.29 is 19.8 Å². The van der Waals surface area contributed by atoms with Crippen LogP contribution in [0.25, 0.3) is 0 Å². The molecule has 8 heteroatoms. The van der Waals surface area contributed by atoms with Crippen molar-refractivity contribution in [2.75, 3.05) is 6.54 Å². The van der Waals surface area contributed by atoms with E-state index >= 15 is 0 Å². The first-order valence-electron chi connectivity index (χ1n) is 5.32. The molecule has 1 rings (SSSR count). The van der Waals surface area contributed by atoms with Crippen molar-refractivity contribution in [3.8, 4) is 0 Å². The van der Waals surface area contributed by atoms with Crippen LogP contribution in [0.1, 0.15) is 34.9 Å². The summed E-state index contributed by atoms with van der Waals surface area (Å²) in [7, 11) is 0. The van der Waals surface area contributed by atoms with Gasteiger partial charge in [0.1, 0.15) is 10.7 Å². The smallest absolute Gasteiger partial charge is 0.332 e. The molecular weight excluding hydrogens is 258 g/mol. The molecule has 100 valence electrons. The third-order valence-corrected chi connectivity index (χ3v) is 3.18. The van der Waals surface area contributed by atoms with E-state index in [0.717, 1.165) is 0 Å². The van der Waals surface area contributed by atoms with Gasteiger partial charge in [-0.2, -0.15) is 0 Å². The van der Waals surface area contributed by atoms with E-state index in [0.29, 0.717) is 5.01 Å². The highest BCUT2D eigenvalue weighted by molar-refractivity contribution is 7.09. The van der Waals surface area contributed by atoms with Gasteiger partial charge in [-0.3, -0.25) is 4.79 Å². The van der Waals surface area contributed by atoms with Gasteiger partial charge >= 0.3 is 5.97 Å². The topological polar surface area (TPSA) is 126 Å². The molecule has 2 atom stereocenters. The molecule has 0 aliphatic carbocycles. The van der Waals surface area contributed by atoms with Crippen molar-refractivity contribution in [2.24, 2.45) is 5.73 Å². The SMILES string of the molecule is CC(N)c1nc(C(=O)NCCC(O)C(=O)O)cs1. The summed E-state index contributed by atoms with van der Waals surface area (Å²) in [6.07, 6.45) is -1.52. The number of hydrogen-bond donors (Lipinski definition) is 4. The molecule has 0 bridgehead atoms. The Balaban J connectivity index is 2.43. The lowest BCUT2D eigenvalue weighted by Crippen LogP contribution is -2.30. The summed E-state index contributed by atoms with van der Waals surface area (Å²) >= 11 is 1.29. The number of rotatable bonds is 6. The van der Waals surface area contributed by atoms with Crippen LogP contribution in [-0.4, -0.2) is 39.7 Å². The molecule has 0 aromatic carbocycles. The van der Waals surface area contributed by atoms with Crippen LogP contribution in [0, 0.1) is 0 Å². The van der Waals surface area contributed by atoms with Gasteiger partial charge in [-0.15, -0.1) is 11.3 Å². The zero-order valence-corrected chi connectivity index (χ0v) is 10.6. The van der Waals surface area contributed by atoms with E-state index in [-0.39, 0.29) is 24.7 Å². The molecule has 2 unspecified atom stereocenters. The Labute approximate surface area is 108 Å². The van der Waals surface area contributed by atoms with Crippen LogP contribution in [0.2, 0.25) is 0 Å². The maximum absolute atomic E-state index is 11.6. The zero-order chi connectivity index (χ0) is 13.7. The summed E-state index contributed by atoms with van der Waals surface area (Å²) in [5.74, 6) is -1.71. The number of nitrogens with zero attached hydrogens (tertiary/aromatic N) is 1. The number of carboxylic acid groups (broad SMARTS) is 1. The van der Waals surface area contributed by atoms with Gasteiger partial charge in [0.05, 0.1) is 6.04 Å². The number of aliphatic hydroxyl groups excluding tert-OH is 1. The number of nitrogens with one attached hydrogen (secondary N) is 1. The number of hydrogen-bond acceptors (Lipinski definition) is 6. The molecule has 0 radical (unpaired) electrons. The molecule has 0 aliphatic rings. The van der Waals surface area contributed by atoms with Gasteiger partial charge in [-0.1, -0.05) is 0 Å². The van der Waals surface area contributed by atoms with Crippen molar-refractivity contribution in [1.29, 1.82) is 0 Å². The van der Waals surface area contributed by atoms with E-state index in [1.54, 1.807) is 12.3 Å². The summed E-state index contributed by atoms with van der Waals surface area (Å²) < 4.78 is 0. The molecule has 0 saturated heterocycles. The monoisotopic (exact) mass is 273 g/mol. The Morgan fingerprint density at radius 2 is 2.28 bits per heavy atom. The average Bonchev–Trinajstić information content (AvgIpc) is 2.77. The van der Waals surface area contributed by atoms with E-state index in [2.05, 4.69) is 10.3 Å². The van der Waals surface area contributed by atoms with Crippen LogP contribution in [-0.2, 0) is 4.79 Å². The minimum absolute atomic E-state index is 0.0502. The Kier molecular flexibility index (Phi) is 5.20. The Morgan fingerprint density at radius 3 is 2.78 bits per heavy atom. The molecule has 0 aliphatic heterocycles. The van der Waals surface area contributed by atoms with E-state index in [4.69, 9.17) is 15.9 Å². The molecule has 1 aromatic rings. The van der Waals surface area contributed by atoms with Crippen molar-refractivity contribution in [3.05, 3.63) is 16.1 Å². The van der Waals surface area contributed by atoms with Gasteiger partial charge in [0.2, 0.25) is 0 Å². The number of carbonyl (C=O) groups is 2. The lowest BCUT2D eigenvalue weighted by Gasteiger charge is -2.06. The van der Waals surface area contributed by atoms with Crippen LogP contribution in [0.5, 0.6) is 0 Å². The summed E-state index contributed by atoms with van der Waals surface area (Å²) in [6, 6.07) is -0.231. The highest BCUT2D eigenvalue weighted by atomic mass is 32.1. The number of aliphatic carboxylic acids is 1. The van der Waals surface area contributed by atoms with Gasteiger partial charge in [0, 0.05) is 18.3 Å². The molecule has 18 heavy (non-hydrogen) atoms. The highest BCUT2D eigenvalue weighted by Crippen LogP contribution is 2.15. The largest absolute Gasteiger partial charge is 0.479 e. The van der Waals surface area contributed by atoms with E-state index in [1.807, 2.05) is 0 Å². The lowest BCUT2D eigenvalue weighted by molar-refractivity contribution is -0.146. The summed E-state index contributed by atoms with van der Waals surface area (Å²) in [6.45, 7) is 1.83. The van der Waals surface area contributed by atoms with E-state index in [9.17, 15) is 9.59 Å². The maximum Gasteiger partial charge on any atom is 0.332 e. The molecule has 1 heterocycles. The van der Waals surface area contributed by atoms with E-state index < -0.39 is 18.0 Å². The predicted octanol–water partition coefficient (Wildman–Crippen LogP) is -0.272. The van der Waals surface area contributed by atoms with Crippen LogP contribution in [0.15, 0.2) is 5.38 Å². The highest BCUT2D eigenvalue weighted by Gasteiger charge is 2.15. The van der Waals surface area contributed by atoms with Crippen LogP contribution >= 0.6 is 11.3 Å². The average molecular weight is 273 g/mol. The molecule has 1 aromatic heterocycles. The number of thiazole rings is 1. The lowest BCUT2D eigenvalue weighted by atomic mass is 10.2. The van der Waals surface area contributed by atoms with Crippen LogP contribution < -0.4 is 11.1 Å². The Hall–Kier alpha value is -1.51. The summed E-state index contributed by atoms with van der Waals surface area (Å²) in [4.78, 5) is 26.0. The molecule has 1 amide bonds. The van der Waals surface area contributed by atoms with Gasteiger partial charge in [-0.25, -0.2) is 9.78 Å². The Morgan fingerprint density at radius 1 is 1.61 bits per heavy atom. The van der Waals surface area contributed by atoms with Gasteiger partial charge in [-0.05, 0) is 6.92 Å². The van der Waals surface area contributed by atoms with Crippen molar-refractivity contribution in [2.45, 2.75) is 25.5 Å². The third kappa shape index (κ3) is 4.06.